The highest BCUT2D eigenvalue weighted by atomic mass is 28.4. The van der Waals surface area contributed by atoms with Crippen LogP contribution in [-0.4, -0.2) is 77.6 Å². The fourth-order valence-electron chi connectivity index (χ4n) is 1.98. The molecule has 0 N–H and O–H groups in total. The molecule has 0 aromatic rings. The maximum Gasteiger partial charge on any atom is 0.577 e. The van der Waals surface area contributed by atoms with Gasteiger partial charge in [0.15, 0.2) is 0 Å². The quantitative estimate of drug-likeness (QED) is 0.295. The second-order valence-electron chi connectivity index (χ2n) is 5.57. The van der Waals surface area contributed by atoms with Crippen molar-refractivity contribution in [3.05, 3.63) is 0 Å². The van der Waals surface area contributed by atoms with Crippen LogP contribution in [0.1, 0.15) is 0 Å². The third-order valence-corrected chi connectivity index (χ3v) is 6.49. The van der Waals surface area contributed by atoms with Gasteiger partial charge in [0, 0.05) is 21.3 Å². The molecular weight excluding hydrogens is 512 g/mol. The summed E-state index contributed by atoms with van der Waals surface area (Å²) in [5.74, 6) is -40.8. The minimum absolute atomic E-state index is 0.156. The van der Waals surface area contributed by atoms with E-state index in [9.17, 15) is 70.2 Å². The molecule has 0 saturated heterocycles. The van der Waals surface area contributed by atoms with E-state index in [0.29, 0.717) is 0 Å². The summed E-state index contributed by atoms with van der Waals surface area (Å²) in [7, 11) is -5.68. The first kappa shape index (κ1) is 30.0. The molecule has 3 nitrogen and oxygen atoms in total. The van der Waals surface area contributed by atoms with Crippen LogP contribution in [-0.2, 0) is 13.3 Å². The molecular formula is C11H10F16O3Si. The van der Waals surface area contributed by atoms with Gasteiger partial charge < -0.3 is 13.3 Å². The first-order valence-corrected chi connectivity index (χ1v) is 8.69. The molecule has 0 spiro atoms. The lowest BCUT2D eigenvalue weighted by Crippen LogP contribution is -2.75. The van der Waals surface area contributed by atoms with Crippen LogP contribution in [0.5, 0.6) is 0 Å². The van der Waals surface area contributed by atoms with Crippen LogP contribution in [0.3, 0.4) is 0 Å². The molecule has 0 rings (SSSR count). The summed E-state index contributed by atoms with van der Waals surface area (Å²) < 4.78 is 222. The predicted octanol–water partition coefficient (Wildman–Crippen LogP) is 5.12. The average Bonchev–Trinajstić information content (AvgIpc) is 2.60. The number of halogens is 16. The maximum absolute atomic E-state index is 14.0. The standard InChI is InChI=1S/C11H10F16O3Si/c1-28-31(29-2,30-3)6(15,16)4(12)5(13,14)7(17,18)8(19,20)9(21,22)10(23,24)11(25,26)27/h4H,1-3H3. The van der Waals surface area contributed by atoms with Gasteiger partial charge in [-0.25, -0.2) is 4.39 Å². The van der Waals surface area contributed by atoms with Crippen LogP contribution < -0.4 is 0 Å². The van der Waals surface area contributed by atoms with Gasteiger partial charge in [-0.15, -0.1) is 0 Å². The molecule has 0 heterocycles. The second kappa shape index (κ2) is 8.08. The molecule has 0 aromatic carbocycles. The Morgan fingerprint density at radius 1 is 0.516 bits per heavy atom. The fourth-order valence-corrected chi connectivity index (χ4v) is 3.79. The Kier molecular flexibility index (Phi) is 7.81. The highest BCUT2D eigenvalue weighted by Gasteiger charge is 2.93. The topological polar surface area (TPSA) is 27.7 Å². The van der Waals surface area contributed by atoms with E-state index in [-0.39, 0.29) is 21.3 Å². The van der Waals surface area contributed by atoms with Crippen LogP contribution in [0, 0.1) is 0 Å². The van der Waals surface area contributed by atoms with Crippen molar-refractivity contribution in [2.45, 2.75) is 47.5 Å². The van der Waals surface area contributed by atoms with Gasteiger partial charge in [-0.2, -0.15) is 65.9 Å². The number of rotatable bonds is 10. The van der Waals surface area contributed by atoms with Gasteiger partial charge in [0.1, 0.15) is 0 Å². The Labute approximate surface area is 162 Å². The van der Waals surface area contributed by atoms with Crippen molar-refractivity contribution in [2.24, 2.45) is 0 Å². The molecule has 0 aromatic heterocycles. The highest BCUT2D eigenvalue weighted by Crippen LogP contribution is 2.62. The minimum atomic E-state index is -8.43. The molecule has 20 heteroatoms. The molecule has 0 saturated carbocycles. The van der Waals surface area contributed by atoms with Crippen LogP contribution in [0.25, 0.3) is 0 Å². The molecule has 1 unspecified atom stereocenters. The van der Waals surface area contributed by atoms with E-state index in [1.165, 1.54) is 0 Å². The summed E-state index contributed by atoms with van der Waals surface area (Å²) in [5, 5.41) is 0. The zero-order chi connectivity index (χ0) is 25.7. The largest absolute Gasteiger partial charge is 0.577 e. The van der Waals surface area contributed by atoms with Crippen LogP contribution in [0.4, 0.5) is 70.2 Å². The van der Waals surface area contributed by atoms with Crippen molar-refractivity contribution in [3.8, 4) is 0 Å². The molecule has 0 aliphatic carbocycles. The monoisotopic (exact) mass is 522 g/mol. The van der Waals surface area contributed by atoms with Crippen molar-refractivity contribution in [1.29, 1.82) is 0 Å². The van der Waals surface area contributed by atoms with Crippen molar-refractivity contribution >= 4 is 8.80 Å². The summed E-state index contributed by atoms with van der Waals surface area (Å²) in [6.07, 6.45) is -13.7. The first-order valence-electron chi connectivity index (χ1n) is 6.97. The highest BCUT2D eigenvalue weighted by molar-refractivity contribution is 6.63. The van der Waals surface area contributed by atoms with Crippen molar-refractivity contribution in [2.75, 3.05) is 21.3 Å². The molecule has 31 heavy (non-hydrogen) atoms. The molecule has 0 fully saturated rings. The van der Waals surface area contributed by atoms with Gasteiger partial charge in [-0.05, 0) is 0 Å². The third-order valence-electron chi connectivity index (χ3n) is 3.81. The summed E-state index contributed by atoms with van der Waals surface area (Å²) in [6, 6.07) is 0. The van der Waals surface area contributed by atoms with Crippen molar-refractivity contribution in [3.63, 3.8) is 0 Å². The molecule has 188 valence electrons. The summed E-state index contributed by atoms with van der Waals surface area (Å²) in [6.45, 7) is 0. The SMILES string of the molecule is CO[Si](OC)(OC)C(F)(F)C(F)C(F)(F)C(F)(F)C(F)(F)C(F)(F)C(F)(F)C(F)(F)F. The molecule has 0 aliphatic rings. The Hall–Kier alpha value is -1.02. The van der Waals surface area contributed by atoms with Gasteiger partial charge in [0.05, 0.1) is 0 Å². The molecule has 0 bridgehead atoms. The summed E-state index contributed by atoms with van der Waals surface area (Å²) >= 11 is 0. The first-order chi connectivity index (χ1) is 13.3. The summed E-state index contributed by atoms with van der Waals surface area (Å²) in [4.78, 5) is 0. The van der Waals surface area contributed by atoms with Gasteiger partial charge in [-0.1, -0.05) is 0 Å². The lowest BCUT2D eigenvalue weighted by atomic mass is 9.92. The van der Waals surface area contributed by atoms with E-state index >= 15 is 0 Å². The number of hydrogen-bond acceptors (Lipinski definition) is 3. The Balaban J connectivity index is 6.71. The average molecular weight is 522 g/mol. The Morgan fingerprint density at radius 3 is 1.06 bits per heavy atom. The second-order valence-corrected chi connectivity index (χ2v) is 8.58. The Morgan fingerprint density at radius 2 is 0.806 bits per heavy atom. The van der Waals surface area contributed by atoms with Crippen LogP contribution in [0.2, 0.25) is 0 Å². The van der Waals surface area contributed by atoms with Crippen LogP contribution >= 0.6 is 0 Å². The molecule has 0 radical (unpaired) electrons. The zero-order valence-electron chi connectivity index (χ0n) is 14.8. The maximum atomic E-state index is 14.0. The van der Waals surface area contributed by atoms with E-state index in [4.69, 9.17) is 0 Å². The molecule has 0 aliphatic heterocycles. The van der Waals surface area contributed by atoms with Gasteiger partial charge >= 0.3 is 50.1 Å². The summed E-state index contributed by atoms with van der Waals surface area (Å²) in [5.41, 5.74) is -6.14. The molecule has 1 atom stereocenters. The smallest absolute Gasteiger partial charge is 0.373 e. The molecule has 0 amide bonds. The number of alkyl halides is 16. The van der Waals surface area contributed by atoms with E-state index in [1.807, 2.05) is 0 Å². The predicted molar refractivity (Wildman–Crippen MR) is 67.4 cm³/mol. The van der Waals surface area contributed by atoms with Gasteiger partial charge in [0.25, 0.3) is 0 Å². The van der Waals surface area contributed by atoms with Crippen molar-refractivity contribution in [1.82, 2.24) is 0 Å². The lowest BCUT2D eigenvalue weighted by molar-refractivity contribution is -0.445. The van der Waals surface area contributed by atoms with Gasteiger partial charge in [-0.3, -0.25) is 0 Å². The van der Waals surface area contributed by atoms with E-state index in [2.05, 4.69) is 13.3 Å². The third kappa shape index (κ3) is 3.85. The van der Waals surface area contributed by atoms with Crippen molar-refractivity contribution < 1.29 is 83.5 Å². The van der Waals surface area contributed by atoms with Crippen LogP contribution in [0.15, 0.2) is 0 Å². The lowest BCUT2D eigenvalue weighted by Gasteiger charge is -2.42. The fraction of sp³-hybridized carbons (Fsp3) is 1.00. The number of hydrogen-bond donors (Lipinski definition) is 0. The normalized spacial score (nSPS) is 17.1. The zero-order valence-corrected chi connectivity index (χ0v) is 15.8. The van der Waals surface area contributed by atoms with E-state index < -0.39 is 56.3 Å². The van der Waals surface area contributed by atoms with E-state index in [0.717, 1.165) is 0 Å². The Bertz CT molecular complexity index is 621. The van der Waals surface area contributed by atoms with E-state index in [1.54, 1.807) is 0 Å². The minimum Gasteiger partial charge on any atom is -0.373 e. The van der Waals surface area contributed by atoms with Gasteiger partial charge in [0.2, 0.25) is 6.17 Å².